The first kappa shape index (κ1) is 13.6. The Balaban J connectivity index is 2.26. The van der Waals surface area contributed by atoms with Crippen LogP contribution in [0.1, 0.15) is 22.3 Å². The molecular formula is C17H21NO. The molecule has 2 aromatic rings. The first-order valence-corrected chi connectivity index (χ1v) is 6.65. The molecule has 0 unspecified atom stereocenters. The van der Waals surface area contributed by atoms with Crippen molar-refractivity contribution in [3.63, 3.8) is 0 Å². The van der Waals surface area contributed by atoms with Crippen LogP contribution in [0.4, 0.5) is 0 Å². The van der Waals surface area contributed by atoms with Gasteiger partial charge in [-0.25, -0.2) is 0 Å². The molecule has 2 heteroatoms. The second kappa shape index (κ2) is 5.89. The van der Waals surface area contributed by atoms with E-state index in [0.717, 1.165) is 23.5 Å². The van der Waals surface area contributed by atoms with E-state index in [1.807, 2.05) is 6.07 Å². The van der Waals surface area contributed by atoms with Crippen LogP contribution in [0.2, 0.25) is 0 Å². The molecule has 0 fully saturated rings. The SMILES string of the molecule is Cc1ccc(Oc2cc(CCN)ccc2C)cc1C. The van der Waals surface area contributed by atoms with Crippen LogP contribution in [-0.4, -0.2) is 6.54 Å². The maximum absolute atomic E-state index is 5.99. The van der Waals surface area contributed by atoms with Gasteiger partial charge in [-0.15, -0.1) is 0 Å². The number of hydrogen-bond donors (Lipinski definition) is 1. The third kappa shape index (κ3) is 3.36. The average Bonchev–Trinajstić information content (AvgIpc) is 2.38. The van der Waals surface area contributed by atoms with E-state index in [4.69, 9.17) is 10.5 Å². The fourth-order valence-corrected chi connectivity index (χ4v) is 1.98. The number of nitrogens with two attached hydrogens (primary N) is 1. The third-order valence-corrected chi connectivity index (χ3v) is 3.39. The second-order valence-corrected chi connectivity index (χ2v) is 4.99. The monoisotopic (exact) mass is 255 g/mol. The fraction of sp³-hybridized carbons (Fsp3) is 0.294. The van der Waals surface area contributed by atoms with Crippen LogP contribution in [0.5, 0.6) is 11.5 Å². The van der Waals surface area contributed by atoms with Crippen molar-refractivity contribution in [3.05, 3.63) is 58.7 Å². The number of ether oxygens (including phenoxy) is 1. The van der Waals surface area contributed by atoms with Crippen molar-refractivity contribution in [2.75, 3.05) is 6.54 Å². The van der Waals surface area contributed by atoms with E-state index in [0.29, 0.717) is 6.54 Å². The molecule has 0 bridgehead atoms. The van der Waals surface area contributed by atoms with Gasteiger partial charge >= 0.3 is 0 Å². The van der Waals surface area contributed by atoms with Gasteiger partial charge in [0.25, 0.3) is 0 Å². The van der Waals surface area contributed by atoms with Crippen LogP contribution in [0.3, 0.4) is 0 Å². The van der Waals surface area contributed by atoms with Gasteiger partial charge < -0.3 is 10.5 Å². The van der Waals surface area contributed by atoms with Gasteiger partial charge in [0.15, 0.2) is 0 Å². The highest BCUT2D eigenvalue weighted by Crippen LogP contribution is 2.27. The van der Waals surface area contributed by atoms with Crippen molar-refractivity contribution in [3.8, 4) is 11.5 Å². The van der Waals surface area contributed by atoms with Crippen LogP contribution in [0.25, 0.3) is 0 Å². The molecule has 0 aliphatic heterocycles. The molecule has 0 heterocycles. The van der Waals surface area contributed by atoms with E-state index in [1.165, 1.54) is 16.7 Å². The lowest BCUT2D eigenvalue weighted by Crippen LogP contribution is -2.03. The molecule has 0 amide bonds. The molecule has 0 aromatic heterocycles. The minimum Gasteiger partial charge on any atom is -0.457 e. The van der Waals surface area contributed by atoms with Crippen LogP contribution in [-0.2, 0) is 6.42 Å². The Morgan fingerprint density at radius 1 is 0.895 bits per heavy atom. The van der Waals surface area contributed by atoms with Crippen molar-refractivity contribution in [2.24, 2.45) is 5.73 Å². The lowest BCUT2D eigenvalue weighted by atomic mass is 10.1. The molecule has 0 aliphatic rings. The van der Waals surface area contributed by atoms with Crippen molar-refractivity contribution in [2.45, 2.75) is 27.2 Å². The van der Waals surface area contributed by atoms with Gasteiger partial charge in [-0.3, -0.25) is 0 Å². The highest BCUT2D eigenvalue weighted by atomic mass is 16.5. The summed E-state index contributed by atoms with van der Waals surface area (Å²) in [6, 6.07) is 12.4. The van der Waals surface area contributed by atoms with Gasteiger partial charge in [0.1, 0.15) is 11.5 Å². The highest BCUT2D eigenvalue weighted by molar-refractivity contribution is 5.42. The van der Waals surface area contributed by atoms with Gasteiger partial charge in [-0.2, -0.15) is 0 Å². The molecule has 2 aromatic carbocycles. The molecule has 2 N–H and O–H groups in total. The number of rotatable bonds is 4. The predicted octanol–water partition coefficient (Wildman–Crippen LogP) is 3.91. The summed E-state index contributed by atoms with van der Waals surface area (Å²) in [5.41, 5.74) is 10.5. The second-order valence-electron chi connectivity index (χ2n) is 4.99. The van der Waals surface area contributed by atoms with E-state index in [9.17, 15) is 0 Å². The molecule has 100 valence electrons. The van der Waals surface area contributed by atoms with E-state index in [2.05, 4.69) is 51.1 Å². The summed E-state index contributed by atoms with van der Waals surface area (Å²) < 4.78 is 5.99. The van der Waals surface area contributed by atoms with Gasteiger partial charge in [0.2, 0.25) is 0 Å². The normalized spacial score (nSPS) is 10.5. The first-order valence-electron chi connectivity index (χ1n) is 6.65. The van der Waals surface area contributed by atoms with Gasteiger partial charge in [0.05, 0.1) is 0 Å². The topological polar surface area (TPSA) is 35.2 Å². The summed E-state index contributed by atoms with van der Waals surface area (Å²) in [6.45, 7) is 6.92. The number of aryl methyl sites for hydroxylation is 3. The van der Waals surface area contributed by atoms with Crippen molar-refractivity contribution in [1.29, 1.82) is 0 Å². The summed E-state index contributed by atoms with van der Waals surface area (Å²) in [5.74, 6) is 1.80. The van der Waals surface area contributed by atoms with Crippen LogP contribution in [0.15, 0.2) is 36.4 Å². The minimum absolute atomic E-state index is 0.659. The molecule has 0 radical (unpaired) electrons. The summed E-state index contributed by atoms with van der Waals surface area (Å²) in [4.78, 5) is 0. The average molecular weight is 255 g/mol. The molecular weight excluding hydrogens is 234 g/mol. The van der Waals surface area contributed by atoms with Crippen molar-refractivity contribution < 1.29 is 4.74 Å². The summed E-state index contributed by atoms with van der Waals surface area (Å²) in [6.07, 6.45) is 0.879. The minimum atomic E-state index is 0.659. The van der Waals surface area contributed by atoms with E-state index in [1.54, 1.807) is 0 Å². The van der Waals surface area contributed by atoms with E-state index in [-0.39, 0.29) is 0 Å². The largest absolute Gasteiger partial charge is 0.457 e. The highest BCUT2D eigenvalue weighted by Gasteiger charge is 2.04. The summed E-state index contributed by atoms with van der Waals surface area (Å²) in [5, 5.41) is 0. The molecule has 2 nitrogen and oxygen atoms in total. The fourth-order valence-electron chi connectivity index (χ4n) is 1.98. The zero-order chi connectivity index (χ0) is 13.8. The number of benzene rings is 2. The maximum atomic E-state index is 5.99. The molecule has 0 saturated carbocycles. The Kier molecular flexibility index (Phi) is 4.23. The molecule has 0 aliphatic carbocycles. The Bertz CT molecular complexity index is 575. The summed E-state index contributed by atoms with van der Waals surface area (Å²) in [7, 11) is 0. The zero-order valence-electron chi connectivity index (χ0n) is 11.9. The molecule has 0 spiro atoms. The molecule has 2 rings (SSSR count). The van der Waals surface area contributed by atoms with Gasteiger partial charge in [-0.05, 0) is 74.2 Å². The maximum Gasteiger partial charge on any atom is 0.130 e. The quantitative estimate of drug-likeness (QED) is 0.899. The van der Waals surface area contributed by atoms with E-state index < -0.39 is 0 Å². The first-order chi connectivity index (χ1) is 9.10. The van der Waals surface area contributed by atoms with Crippen LogP contribution in [0, 0.1) is 20.8 Å². The number of hydrogen-bond acceptors (Lipinski definition) is 2. The summed E-state index contributed by atoms with van der Waals surface area (Å²) >= 11 is 0. The van der Waals surface area contributed by atoms with Crippen molar-refractivity contribution >= 4 is 0 Å². The van der Waals surface area contributed by atoms with E-state index >= 15 is 0 Å². The smallest absolute Gasteiger partial charge is 0.130 e. The van der Waals surface area contributed by atoms with Gasteiger partial charge in [-0.1, -0.05) is 18.2 Å². The van der Waals surface area contributed by atoms with Crippen molar-refractivity contribution in [1.82, 2.24) is 0 Å². The van der Waals surface area contributed by atoms with Crippen LogP contribution < -0.4 is 10.5 Å². The Labute approximate surface area is 115 Å². The Hall–Kier alpha value is -1.80. The molecule has 19 heavy (non-hydrogen) atoms. The Morgan fingerprint density at radius 2 is 1.63 bits per heavy atom. The lowest BCUT2D eigenvalue weighted by molar-refractivity contribution is 0.477. The molecule has 0 atom stereocenters. The van der Waals surface area contributed by atoms with Gasteiger partial charge in [0, 0.05) is 0 Å². The third-order valence-electron chi connectivity index (χ3n) is 3.39. The Morgan fingerprint density at radius 3 is 2.32 bits per heavy atom. The standard InChI is InChI=1S/C17H21NO/c1-12-5-7-16(10-14(12)3)19-17-11-15(8-9-18)6-4-13(17)2/h4-7,10-11H,8-9,18H2,1-3H3. The lowest BCUT2D eigenvalue weighted by Gasteiger charge is -2.12. The molecule has 0 saturated heterocycles. The predicted molar refractivity (Wildman–Crippen MR) is 79.9 cm³/mol. The van der Waals surface area contributed by atoms with Crippen LogP contribution >= 0.6 is 0 Å². The zero-order valence-corrected chi connectivity index (χ0v) is 11.9.